The van der Waals surface area contributed by atoms with Gasteiger partial charge in [-0.25, -0.2) is 0 Å². The van der Waals surface area contributed by atoms with Crippen LogP contribution in [0.1, 0.15) is 51.9 Å². The van der Waals surface area contributed by atoms with Crippen LogP contribution in [0.15, 0.2) is 12.7 Å². The minimum absolute atomic E-state index is 0.339. The first-order valence-electron chi connectivity index (χ1n) is 5.68. The molecule has 0 aliphatic rings. The molecule has 0 fully saturated rings. The van der Waals surface area contributed by atoms with Crippen molar-refractivity contribution in [3.8, 4) is 0 Å². The summed E-state index contributed by atoms with van der Waals surface area (Å²) in [6, 6.07) is 0. The van der Waals surface area contributed by atoms with Gasteiger partial charge in [-0.05, 0) is 12.5 Å². The highest BCUT2D eigenvalue weighted by Gasteiger charge is 1.95. The molecule has 3 N–H and O–H groups in total. The van der Waals surface area contributed by atoms with Crippen molar-refractivity contribution in [1.82, 2.24) is 0 Å². The van der Waals surface area contributed by atoms with Crippen LogP contribution in [0, 0.1) is 0 Å². The summed E-state index contributed by atoms with van der Waals surface area (Å²) in [5.41, 5.74) is 4.53. The van der Waals surface area contributed by atoms with Crippen LogP contribution in [-0.2, 0) is 9.59 Å². The molecule has 0 aliphatic heterocycles. The SMILES string of the molecule is C=CC(N)=O.CCCCCCCCC(=O)O. The lowest BCUT2D eigenvalue weighted by molar-refractivity contribution is -0.137. The number of nitrogens with two attached hydrogens (primary N) is 1. The Hall–Kier alpha value is -1.32. The molecule has 0 bridgehead atoms. The fourth-order valence-electron chi connectivity index (χ4n) is 1.06. The van der Waals surface area contributed by atoms with E-state index >= 15 is 0 Å². The van der Waals surface area contributed by atoms with Crippen molar-refractivity contribution >= 4 is 11.9 Å². The van der Waals surface area contributed by atoms with Gasteiger partial charge in [0.05, 0.1) is 0 Å². The predicted octanol–water partition coefficient (Wildman–Crippen LogP) is 2.48. The van der Waals surface area contributed by atoms with E-state index in [1.165, 1.54) is 25.7 Å². The molecule has 4 nitrogen and oxygen atoms in total. The number of carboxylic acid groups (broad SMARTS) is 1. The van der Waals surface area contributed by atoms with Gasteiger partial charge in [0.25, 0.3) is 0 Å². The Kier molecular flexibility index (Phi) is 14.6. The van der Waals surface area contributed by atoms with Gasteiger partial charge in [-0.1, -0.05) is 45.6 Å². The molecule has 0 saturated carbocycles. The maximum absolute atomic E-state index is 10.1. The summed E-state index contributed by atoms with van der Waals surface area (Å²) in [7, 11) is 0. The molecule has 4 heteroatoms. The first-order valence-corrected chi connectivity index (χ1v) is 5.68. The van der Waals surface area contributed by atoms with Crippen molar-refractivity contribution in [1.29, 1.82) is 0 Å². The topological polar surface area (TPSA) is 80.4 Å². The molecule has 0 heterocycles. The molecule has 0 spiro atoms. The Labute approximate surface area is 97.5 Å². The van der Waals surface area contributed by atoms with Crippen LogP contribution < -0.4 is 5.73 Å². The monoisotopic (exact) mass is 229 g/mol. The number of hydrogen-bond donors (Lipinski definition) is 2. The number of aliphatic carboxylic acids is 1. The molecule has 0 aliphatic carbocycles. The molecule has 0 aromatic carbocycles. The largest absolute Gasteiger partial charge is 0.481 e. The number of amides is 1. The summed E-state index contributed by atoms with van der Waals surface area (Å²) in [6.07, 6.45) is 8.31. The van der Waals surface area contributed by atoms with E-state index in [1.807, 2.05) is 0 Å². The molecular weight excluding hydrogens is 206 g/mol. The van der Waals surface area contributed by atoms with E-state index in [2.05, 4.69) is 19.2 Å². The highest BCUT2D eigenvalue weighted by molar-refractivity contribution is 5.84. The molecule has 0 unspecified atom stereocenters. The Bertz CT molecular complexity index is 202. The molecule has 16 heavy (non-hydrogen) atoms. The lowest BCUT2D eigenvalue weighted by Gasteiger charge is -1.97. The first-order chi connectivity index (χ1) is 7.54. The van der Waals surface area contributed by atoms with Gasteiger partial charge in [0, 0.05) is 6.42 Å². The van der Waals surface area contributed by atoms with E-state index in [0.29, 0.717) is 6.42 Å². The van der Waals surface area contributed by atoms with Crippen molar-refractivity contribution < 1.29 is 14.7 Å². The number of unbranched alkanes of at least 4 members (excludes halogenated alkanes) is 5. The van der Waals surface area contributed by atoms with E-state index in [1.54, 1.807) is 0 Å². The fraction of sp³-hybridized carbons (Fsp3) is 0.667. The Morgan fingerprint density at radius 1 is 1.19 bits per heavy atom. The van der Waals surface area contributed by atoms with Gasteiger partial charge in [0.2, 0.25) is 5.91 Å². The first kappa shape index (κ1) is 17.1. The number of primary amides is 1. The fourth-order valence-corrected chi connectivity index (χ4v) is 1.06. The third-order valence-corrected chi connectivity index (χ3v) is 1.95. The third-order valence-electron chi connectivity index (χ3n) is 1.95. The van der Waals surface area contributed by atoms with Gasteiger partial charge < -0.3 is 10.8 Å². The second-order valence-corrected chi connectivity index (χ2v) is 3.52. The third kappa shape index (κ3) is 23.0. The van der Waals surface area contributed by atoms with Crippen LogP contribution in [0.2, 0.25) is 0 Å². The molecular formula is C12H23NO3. The van der Waals surface area contributed by atoms with Crippen LogP contribution >= 0.6 is 0 Å². The van der Waals surface area contributed by atoms with E-state index < -0.39 is 11.9 Å². The summed E-state index contributed by atoms with van der Waals surface area (Å²) in [5, 5.41) is 8.32. The molecule has 0 atom stereocenters. The number of rotatable bonds is 8. The standard InChI is InChI=1S/C9H18O2.C3H5NO/c1-2-3-4-5-6-7-8-9(10)11;1-2-3(4)5/h2-8H2,1H3,(H,10,11);2H,1H2,(H2,4,5). The van der Waals surface area contributed by atoms with Crippen molar-refractivity contribution in [2.75, 3.05) is 0 Å². The summed E-state index contributed by atoms with van der Waals surface area (Å²) in [4.78, 5) is 19.6. The zero-order chi connectivity index (χ0) is 12.8. The molecule has 0 radical (unpaired) electrons. The van der Waals surface area contributed by atoms with Gasteiger partial charge in [-0.2, -0.15) is 0 Å². The van der Waals surface area contributed by atoms with Gasteiger partial charge in [-0.3, -0.25) is 9.59 Å². The van der Waals surface area contributed by atoms with Crippen LogP contribution in [0.25, 0.3) is 0 Å². The Morgan fingerprint density at radius 3 is 2.00 bits per heavy atom. The van der Waals surface area contributed by atoms with E-state index in [9.17, 15) is 9.59 Å². The minimum Gasteiger partial charge on any atom is -0.481 e. The average molecular weight is 229 g/mol. The smallest absolute Gasteiger partial charge is 0.303 e. The molecule has 0 aromatic heterocycles. The summed E-state index contributed by atoms with van der Waals surface area (Å²) in [5.74, 6) is -1.15. The second-order valence-electron chi connectivity index (χ2n) is 3.52. The lowest BCUT2D eigenvalue weighted by atomic mass is 10.1. The van der Waals surface area contributed by atoms with E-state index in [0.717, 1.165) is 18.9 Å². The highest BCUT2D eigenvalue weighted by atomic mass is 16.4. The average Bonchev–Trinajstić information content (AvgIpc) is 2.23. The van der Waals surface area contributed by atoms with Crippen molar-refractivity contribution in [3.05, 3.63) is 12.7 Å². The maximum atomic E-state index is 10.1. The number of carboxylic acids is 1. The summed E-state index contributed by atoms with van der Waals surface area (Å²) >= 11 is 0. The highest BCUT2D eigenvalue weighted by Crippen LogP contribution is 2.06. The zero-order valence-corrected chi connectivity index (χ0v) is 10.1. The minimum atomic E-state index is -0.666. The van der Waals surface area contributed by atoms with Crippen LogP contribution in [0.3, 0.4) is 0 Å². The predicted molar refractivity (Wildman–Crippen MR) is 65.0 cm³/mol. The molecule has 0 saturated heterocycles. The van der Waals surface area contributed by atoms with E-state index in [4.69, 9.17) is 5.11 Å². The zero-order valence-electron chi connectivity index (χ0n) is 10.1. The van der Waals surface area contributed by atoms with Crippen LogP contribution in [0.5, 0.6) is 0 Å². The van der Waals surface area contributed by atoms with Crippen LogP contribution in [0.4, 0.5) is 0 Å². The Morgan fingerprint density at radius 2 is 1.62 bits per heavy atom. The maximum Gasteiger partial charge on any atom is 0.303 e. The van der Waals surface area contributed by atoms with Gasteiger partial charge in [0.1, 0.15) is 0 Å². The van der Waals surface area contributed by atoms with Crippen molar-refractivity contribution in [2.45, 2.75) is 51.9 Å². The summed E-state index contributed by atoms with van der Waals surface area (Å²) in [6.45, 7) is 5.26. The molecule has 94 valence electrons. The molecule has 0 rings (SSSR count). The lowest BCUT2D eigenvalue weighted by Crippen LogP contribution is -2.04. The number of carbonyl (C=O) groups excluding carboxylic acids is 1. The second kappa shape index (κ2) is 13.7. The van der Waals surface area contributed by atoms with Gasteiger partial charge >= 0.3 is 5.97 Å². The summed E-state index contributed by atoms with van der Waals surface area (Å²) < 4.78 is 0. The Balaban J connectivity index is 0. The van der Waals surface area contributed by atoms with Crippen molar-refractivity contribution in [3.63, 3.8) is 0 Å². The molecule has 1 amide bonds. The number of hydrogen-bond acceptors (Lipinski definition) is 2. The van der Waals surface area contributed by atoms with Crippen LogP contribution in [-0.4, -0.2) is 17.0 Å². The van der Waals surface area contributed by atoms with Crippen molar-refractivity contribution in [2.24, 2.45) is 5.73 Å². The van der Waals surface area contributed by atoms with Gasteiger partial charge in [-0.15, -0.1) is 0 Å². The quantitative estimate of drug-likeness (QED) is 0.495. The normalized spacial score (nSPS) is 8.81. The van der Waals surface area contributed by atoms with E-state index in [-0.39, 0.29) is 0 Å². The van der Waals surface area contributed by atoms with Gasteiger partial charge in [0.15, 0.2) is 0 Å². The number of carbonyl (C=O) groups is 2. The molecule has 0 aromatic rings.